The molecule has 0 aliphatic carbocycles. The smallest absolute Gasteiger partial charge is 0.326 e. The van der Waals surface area contributed by atoms with Crippen molar-refractivity contribution >= 4 is 47.3 Å². The summed E-state index contributed by atoms with van der Waals surface area (Å²) >= 11 is 1.52. The number of carboxylic acid groups (broad SMARTS) is 2. The van der Waals surface area contributed by atoms with Crippen LogP contribution in [0.1, 0.15) is 71.6 Å². The molecule has 4 amide bonds. The van der Waals surface area contributed by atoms with Gasteiger partial charge in [-0.05, 0) is 82.4 Å². The third-order valence-electron chi connectivity index (χ3n) is 6.80. The first kappa shape index (κ1) is 37.1. The Kier molecular flexibility index (Phi) is 17.7. The quantitative estimate of drug-likeness (QED) is 0.0770. The van der Waals surface area contributed by atoms with E-state index in [1.165, 1.54) is 11.8 Å². The van der Waals surface area contributed by atoms with E-state index < -0.39 is 60.2 Å². The molecule has 1 rings (SSSR count). The minimum absolute atomic E-state index is 0.0140. The first-order valence-electron chi connectivity index (χ1n) is 14.5. The van der Waals surface area contributed by atoms with Crippen LogP contribution in [0.25, 0.3) is 0 Å². The Morgan fingerprint density at radius 2 is 1.45 bits per heavy atom. The molecular weight excluding hydrogens is 568 g/mol. The van der Waals surface area contributed by atoms with Gasteiger partial charge in [-0.25, -0.2) is 4.79 Å². The molecule has 0 unspecified atom stereocenters. The average Bonchev–Trinajstić information content (AvgIpc) is 3.47. The molecule has 1 aliphatic heterocycles. The zero-order valence-electron chi connectivity index (χ0n) is 24.8. The number of hydrogen-bond acceptors (Lipinski definition) is 9. The Morgan fingerprint density at radius 1 is 0.857 bits per heavy atom. The summed E-state index contributed by atoms with van der Waals surface area (Å²) in [5.41, 5.74) is 5.57. The van der Waals surface area contributed by atoms with Crippen LogP contribution in [0, 0.1) is 5.92 Å². The van der Waals surface area contributed by atoms with Crippen molar-refractivity contribution in [3.8, 4) is 0 Å². The molecule has 1 heterocycles. The first-order chi connectivity index (χ1) is 19.9. The van der Waals surface area contributed by atoms with Gasteiger partial charge in [-0.1, -0.05) is 13.8 Å². The SMILES string of the molecule is CSCC[C@H](NC(=O)[C@@H]1CCCN1)C(=O)N[C@@H](CC(C)C)C(=O)N[C@@H](CCCCN)C(=O)N[C@@H](CCC(=O)O)C(=O)O. The predicted molar refractivity (Wildman–Crippen MR) is 159 cm³/mol. The second kappa shape index (κ2) is 20.1. The summed E-state index contributed by atoms with van der Waals surface area (Å²) in [5, 5.41) is 32.0. The summed E-state index contributed by atoms with van der Waals surface area (Å²) < 4.78 is 0. The molecule has 0 aromatic carbocycles. The van der Waals surface area contributed by atoms with Crippen molar-refractivity contribution in [1.29, 1.82) is 0 Å². The van der Waals surface area contributed by atoms with Gasteiger partial charge in [0.15, 0.2) is 0 Å². The summed E-state index contributed by atoms with van der Waals surface area (Å²) in [5.74, 6) is -4.20. The molecule has 1 fully saturated rings. The normalized spacial score (nSPS) is 17.5. The molecule has 9 N–H and O–H groups in total. The molecule has 0 spiro atoms. The first-order valence-corrected chi connectivity index (χ1v) is 15.9. The highest BCUT2D eigenvalue weighted by atomic mass is 32.2. The van der Waals surface area contributed by atoms with Crippen LogP contribution in [0.2, 0.25) is 0 Å². The fraction of sp³-hybridized carbons (Fsp3) is 0.778. The molecule has 0 aromatic heterocycles. The number of carbonyl (C=O) groups is 6. The van der Waals surface area contributed by atoms with Gasteiger partial charge in [-0.3, -0.25) is 24.0 Å². The molecule has 0 aromatic rings. The minimum Gasteiger partial charge on any atom is -0.481 e. The number of hydrogen-bond donors (Lipinski definition) is 8. The number of aliphatic carboxylic acids is 2. The largest absolute Gasteiger partial charge is 0.481 e. The zero-order valence-corrected chi connectivity index (χ0v) is 25.6. The Balaban J connectivity index is 3.05. The van der Waals surface area contributed by atoms with E-state index in [1.54, 1.807) is 0 Å². The molecule has 0 saturated carbocycles. The lowest BCUT2D eigenvalue weighted by Gasteiger charge is -2.27. The van der Waals surface area contributed by atoms with Crippen molar-refractivity contribution in [3.63, 3.8) is 0 Å². The van der Waals surface area contributed by atoms with Gasteiger partial charge in [0.05, 0.1) is 6.04 Å². The lowest BCUT2D eigenvalue weighted by molar-refractivity contribution is -0.143. The minimum atomic E-state index is -1.45. The lowest BCUT2D eigenvalue weighted by Crippen LogP contribution is -2.58. The highest BCUT2D eigenvalue weighted by Gasteiger charge is 2.32. The molecule has 0 bridgehead atoms. The maximum absolute atomic E-state index is 13.4. The second-order valence-corrected chi connectivity index (χ2v) is 11.8. The van der Waals surface area contributed by atoms with E-state index >= 15 is 0 Å². The van der Waals surface area contributed by atoms with E-state index in [2.05, 4.69) is 26.6 Å². The van der Waals surface area contributed by atoms with Gasteiger partial charge >= 0.3 is 11.9 Å². The number of nitrogens with two attached hydrogens (primary N) is 1. The van der Waals surface area contributed by atoms with Gasteiger partial charge in [0, 0.05) is 6.42 Å². The van der Waals surface area contributed by atoms with Crippen molar-refractivity contribution in [2.75, 3.05) is 25.1 Å². The molecule has 1 saturated heterocycles. The third-order valence-corrected chi connectivity index (χ3v) is 7.45. The van der Waals surface area contributed by atoms with E-state index in [4.69, 9.17) is 10.8 Å². The number of carbonyl (C=O) groups excluding carboxylic acids is 4. The number of amides is 4. The monoisotopic (exact) mass is 616 g/mol. The van der Waals surface area contributed by atoms with Gasteiger partial charge in [-0.2, -0.15) is 11.8 Å². The molecule has 14 nitrogen and oxygen atoms in total. The molecular formula is C27H48N6O8S. The number of carboxylic acids is 2. The van der Waals surface area contributed by atoms with Crippen molar-refractivity contribution in [2.24, 2.45) is 11.7 Å². The fourth-order valence-electron chi connectivity index (χ4n) is 4.49. The lowest BCUT2D eigenvalue weighted by atomic mass is 10.0. The van der Waals surface area contributed by atoms with E-state index in [-0.39, 0.29) is 37.1 Å². The van der Waals surface area contributed by atoms with E-state index in [0.29, 0.717) is 38.0 Å². The van der Waals surface area contributed by atoms with Crippen LogP contribution in [0.5, 0.6) is 0 Å². The highest BCUT2D eigenvalue weighted by Crippen LogP contribution is 2.11. The zero-order chi connectivity index (χ0) is 31.7. The maximum Gasteiger partial charge on any atom is 0.326 e. The van der Waals surface area contributed by atoms with Crippen LogP contribution < -0.4 is 32.3 Å². The van der Waals surface area contributed by atoms with Gasteiger partial charge < -0.3 is 42.5 Å². The topological polar surface area (TPSA) is 229 Å². The summed E-state index contributed by atoms with van der Waals surface area (Å²) in [6.07, 6.45) is 4.41. The standard InChI is InChI=1S/C27H48N6O8S/c1-16(2)15-21(33-25(38)19(11-14-42-3)31-23(36)17-8-6-13-29-17)26(39)30-18(7-4-5-12-28)24(37)32-20(27(40)41)9-10-22(34)35/h16-21,29H,4-15,28H2,1-3H3,(H,30,39)(H,31,36)(H,32,37)(H,33,38)(H,34,35)(H,40,41)/t17-,18-,19-,20-,21-/m0/s1. The summed E-state index contributed by atoms with van der Waals surface area (Å²) in [7, 11) is 0. The Morgan fingerprint density at radius 3 is 1.98 bits per heavy atom. The molecule has 0 radical (unpaired) electrons. The van der Waals surface area contributed by atoms with Crippen molar-refractivity contribution < 1.29 is 39.0 Å². The molecule has 15 heteroatoms. The van der Waals surface area contributed by atoms with E-state index in [9.17, 15) is 33.9 Å². The van der Waals surface area contributed by atoms with Crippen LogP contribution in [0.4, 0.5) is 0 Å². The Bertz CT molecular complexity index is 915. The molecule has 1 aliphatic rings. The number of thioether (sulfide) groups is 1. The van der Waals surface area contributed by atoms with E-state index in [1.807, 2.05) is 20.1 Å². The molecule has 240 valence electrons. The summed E-state index contributed by atoms with van der Waals surface area (Å²) in [4.78, 5) is 75.1. The Labute approximate surface area is 251 Å². The molecule has 42 heavy (non-hydrogen) atoms. The van der Waals surface area contributed by atoms with Crippen LogP contribution >= 0.6 is 11.8 Å². The number of rotatable bonds is 21. The fourth-order valence-corrected chi connectivity index (χ4v) is 4.96. The van der Waals surface area contributed by atoms with Crippen LogP contribution in [-0.2, 0) is 28.8 Å². The second-order valence-electron chi connectivity index (χ2n) is 10.9. The molecule has 5 atom stereocenters. The number of unbranched alkanes of at least 4 members (excludes halogenated alkanes) is 1. The summed E-state index contributed by atoms with van der Waals surface area (Å²) in [6.45, 7) is 4.82. The van der Waals surface area contributed by atoms with Crippen molar-refractivity contribution in [2.45, 2.75) is 102 Å². The average molecular weight is 617 g/mol. The number of nitrogens with one attached hydrogen (secondary N) is 5. The van der Waals surface area contributed by atoms with Crippen LogP contribution in [0.15, 0.2) is 0 Å². The van der Waals surface area contributed by atoms with Crippen molar-refractivity contribution in [1.82, 2.24) is 26.6 Å². The van der Waals surface area contributed by atoms with Gasteiger partial charge in [-0.15, -0.1) is 0 Å². The summed E-state index contributed by atoms with van der Waals surface area (Å²) in [6, 6.07) is -4.85. The van der Waals surface area contributed by atoms with E-state index in [0.717, 1.165) is 13.0 Å². The van der Waals surface area contributed by atoms with Gasteiger partial charge in [0.2, 0.25) is 23.6 Å². The third kappa shape index (κ3) is 14.3. The van der Waals surface area contributed by atoms with Crippen LogP contribution in [-0.4, -0.2) is 101 Å². The van der Waals surface area contributed by atoms with Crippen LogP contribution in [0.3, 0.4) is 0 Å². The highest BCUT2D eigenvalue weighted by molar-refractivity contribution is 7.98. The van der Waals surface area contributed by atoms with Crippen molar-refractivity contribution in [3.05, 3.63) is 0 Å². The maximum atomic E-state index is 13.4. The predicted octanol–water partition coefficient (Wildman–Crippen LogP) is -0.445. The van der Waals surface area contributed by atoms with Gasteiger partial charge in [0.25, 0.3) is 0 Å². The van der Waals surface area contributed by atoms with Gasteiger partial charge in [0.1, 0.15) is 24.2 Å². The Hall–Kier alpha value is -2.91.